The minimum absolute atomic E-state index is 0.0121. The number of hydrogen-bond acceptors (Lipinski definition) is 3. The van der Waals surface area contributed by atoms with Gasteiger partial charge >= 0.3 is 0 Å². The number of halogens is 1. The molecule has 2 amide bonds. The molecule has 0 bridgehead atoms. The summed E-state index contributed by atoms with van der Waals surface area (Å²) in [7, 11) is 0. The highest BCUT2D eigenvalue weighted by molar-refractivity contribution is 6.03. The molecule has 0 N–H and O–H groups in total. The zero-order valence-electron chi connectivity index (χ0n) is 16.5. The predicted molar refractivity (Wildman–Crippen MR) is 110 cm³/mol. The first-order valence-electron chi connectivity index (χ1n) is 10.2. The summed E-state index contributed by atoms with van der Waals surface area (Å²) >= 11 is 0. The molecule has 152 valence electrons. The van der Waals surface area contributed by atoms with Gasteiger partial charge in [0.1, 0.15) is 11.9 Å². The quantitative estimate of drug-likeness (QED) is 0.782. The normalized spacial score (nSPS) is 20.3. The molecule has 0 saturated carbocycles. The van der Waals surface area contributed by atoms with E-state index in [1.54, 1.807) is 11.0 Å². The van der Waals surface area contributed by atoms with Gasteiger partial charge in [-0.2, -0.15) is 0 Å². The molecule has 5 nitrogen and oxygen atoms in total. The number of benzene rings is 2. The van der Waals surface area contributed by atoms with Crippen molar-refractivity contribution < 1.29 is 14.0 Å². The predicted octanol–water partition coefficient (Wildman–Crippen LogP) is 2.71. The standard InChI is InChI=1S/C23H26FN3O2/c24-20-9-5-4-6-18(20)12-13-25-14-16-26(17-15-25)23(29)21-10-11-22(28)27(21)19-7-2-1-3-8-19/h1-9,21H,10-17H2. The molecule has 6 heteroatoms. The van der Waals surface area contributed by atoms with E-state index in [2.05, 4.69) is 4.90 Å². The topological polar surface area (TPSA) is 43.9 Å². The lowest BCUT2D eigenvalue weighted by molar-refractivity contribution is -0.134. The fourth-order valence-electron chi connectivity index (χ4n) is 4.21. The van der Waals surface area contributed by atoms with E-state index in [4.69, 9.17) is 0 Å². The number of nitrogens with zero attached hydrogens (tertiary/aromatic N) is 3. The van der Waals surface area contributed by atoms with Crippen molar-refractivity contribution >= 4 is 17.5 Å². The van der Waals surface area contributed by atoms with Gasteiger partial charge in [-0.3, -0.25) is 19.4 Å². The van der Waals surface area contributed by atoms with E-state index in [-0.39, 0.29) is 17.6 Å². The molecule has 0 aliphatic carbocycles. The van der Waals surface area contributed by atoms with Gasteiger partial charge in [0.15, 0.2) is 0 Å². The number of anilines is 1. The summed E-state index contributed by atoms with van der Waals surface area (Å²) in [4.78, 5) is 31.3. The molecule has 2 aliphatic heterocycles. The third-order valence-corrected chi connectivity index (χ3v) is 5.87. The van der Waals surface area contributed by atoms with Crippen LogP contribution in [0, 0.1) is 5.82 Å². The van der Waals surface area contributed by atoms with Gasteiger partial charge in [0.2, 0.25) is 11.8 Å². The Morgan fingerprint density at radius 3 is 2.38 bits per heavy atom. The van der Waals surface area contributed by atoms with Gasteiger partial charge in [-0.05, 0) is 36.6 Å². The average Bonchev–Trinajstić information content (AvgIpc) is 3.15. The lowest BCUT2D eigenvalue weighted by Gasteiger charge is -2.37. The lowest BCUT2D eigenvalue weighted by Crippen LogP contribution is -2.54. The SMILES string of the molecule is O=C(C1CCC(=O)N1c1ccccc1)N1CCN(CCc2ccccc2F)CC1. The maximum atomic E-state index is 13.8. The summed E-state index contributed by atoms with van der Waals surface area (Å²) in [5.41, 5.74) is 1.52. The fraction of sp³-hybridized carbons (Fsp3) is 0.391. The van der Waals surface area contributed by atoms with Crippen LogP contribution in [-0.2, 0) is 16.0 Å². The Morgan fingerprint density at radius 1 is 0.966 bits per heavy atom. The average molecular weight is 395 g/mol. The van der Waals surface area contributed by atoms with E-state index in [9.17, 15) is 14.0 Å². The molecule has 1 atom stereocenters. The molecule has 2 heterocycles. The minimum Gasteiger partial charge on any atom is -0.338 e. The number of piperazine rings is 1. The summed E-state index contributed by atoms with van der Waals surface area (Å²) in [5, 5.41) is 0. The molecule has 2 saturated heterocycles. The van der Waals surface area contributed by atoms with Crippen LogP contribution in [0.2, 0.25) is 0 Å². The van der Waals surface area contributed by atoms with Gasteiger partial charge < -0.3 is 4.90 Å². The van der Waals surface area contributed by atoms with E-state index < -0.39 is 6.04 Å². The van der Waals surface area contributed by atoms with Crippen molar-refractivity contribution in [2.75, 3.05) is 37.6 Å². The molecule has 0 aromatic heterocycles. The second-order valence-electron chi connectivity index (χ2n) is 7.66. The second-order valence-corrected chi connectivity index (χ2v) is 7.66. The maximum absolute atomic E-state index is 13.8. The van der Waals surface area contributed by atoms with Crippen LogP contribution in [0.3, 0.4) is 0 Å². The Balaban J connectivity index is 1.33. The first-order valence-corrected chi connectivity index (χ1v) is 10.2. The molecule has 2 fully saturated rings. The highest BCUT2D eigenvalue weighted by atomic mass is 19.1. The second kappa shape index (κ2) is 8.74. The van der Waals surface area contributed by atoms with Crippen LogP contribution in [0.4, 0.5) is 10.1 Å². The largest absolute Gasteiger partial charge is 0.338 e. The van der Waals surface area contributed by atoms with Crippen molar-refractivity contribution in [2.45, 2.75) is 25.3 Å². The van der Waals surface area contributed by atoms with E-state index in [0.29, 0.717) is 32.4 Å². The van der Waals surface area contributed by atoms with Gasteiger partial charge in [-0.15, -0.1) is 0 Å². The molecule has 2 aromatic rings. The van der Waals surface area contributed by atoms with Crippen molar-refractivity contribution in [3.8, 4) is 0 Å². The number of rotatable bonds is 5. The summed E-state index contributed by atoms with van der Waals surface area (Å²) in [6.45, 7) is 3.60. The number of para-hydroxylation sites is 1. The van der Waals surface area contributed by atoms with Crippen LogP contribution in [0.15, 0.2) is 54.6 Å². The van der Waals surface area contributed by atoms with Crippen LogP contribution in [0.5, 0.6) is 0 Å². The molecule has 4 rings (SSSR count). The molecular weight excluding hydrogens is 369 g/mol. The van der Waals surface area contributed by atoms with Crippen molar-refractivity contribution in [2.24, 2.45) is 0 Å². The van der Waals surface area contributed by atoms with E-state index in [0.717, 1.165) is 30.9 Å². The number of amides is 2. The Bertz CT molecular complexity index is 865. The van der Waals surface area contributed by atoms with E-state index >= 15 is 0 Å². The van der Waals surface area contributed by atoms with Crippen molar-refractivity contribution in [1.82, 2.24) is 9.80 Å². The molecule has 2 aromatic carbocycles. The molecule has 1 unspecified atom stereocenters. The van der Waals surface area contributed by atoms with Crippen LogP contribution in [0.25, 0.3) is 0 Å². The van der Waals surface area contributed by atoms with Crippen LogP contribution >= 0.6 is 0 Å². The smallest absolute Gasteiger partial charge is 0.245 e. The third kappa shape index (κ3) is 4.32. The summed E-state index contributed by atoms with van der Waals surface area (Å²) in [6.07, 6.45) is 1.65. The number of hydrogen-bond donors (Lipinski definition) is 0. The van der Waals surface area contributed by atoms with Crippen molar-refractivity contribution in [3.63, 3.8) is 0 Å². The van der Waals surface area contributed by atoms with Gasteiger partial charge in [0, 0.05) is 44.8 Å². The molecule has 2 aliphatic rings. The highest BCUT2D eigenvalue weighted by Gasteiger charge is 2.39. The molecule has 29 heavy (non-hydrogen) atoms. The van der Waals surface area contributed by atoms with Crippen LogP contribution < -0.4 is 4.90 Å². The van der Waals surface area contributed by atoms with Gasteiger partial charge in [0.05, 0.1) is 0 Å². The van der Waals surface area contributed by atoms with E-state index in [1.165, 1.54) is 6.07 Å². The van der Waals surface area contributed by atoms with E-state index in [1.807, 2.05) is 47.4 Å². The van der Waals surface area contributed by atoms with Crippen LogP contribution in [0.1, 0.15) is 18.4 Å². The first kappa shape index (κ1) is 19.6. The van der Waals surface area contributed by atoms with Crippen molar-refractivity contribution in [3.05, 3.63) is 66.0 Å². The van der Waals surface area contributed by atoms with Crippen molar-refractivity contribution in [1.29, 1.82) is 0 Å². The molecular formula is C23H26FN3O2. The highest BCUT2D eigenvalue weighted by Crippen LogP contribution is 2.28. The monoisotopic (exact) mass is 395 g/mol. The van der Waals surface area contributed by atoms with Gasteiger partial charge in [-0.25, -0.2) is 4.39 Å². The Kier molecular flexibility index (Phi) is 5.90. The first-order chi connectivity index (χ1) is 14.1. The summed E-state index contributed by atoms with van der Waals surface area (Å²) in [6, 6.07) is 15.9. The van der Waals surface area contributed by atoms with Gasteiger partial charge in [-0.1, -0.05) is 36.4 Å². The third-order valence-electron chi connectivity index (χ3n) is 5.87. The maximum Gasteiger partial charge on any atom is 0.245 e. The Morgan fingerprint density at radius 2 is 1.66 bits per heavy atom. The summed E-state index contributed by atoms with van der Waals surface area (Å²) < 4.78 is 13.8. The van der Waals surface area contributed by atoms with Gasteiger partial charge in [0.25, 0.3) is 0 Å². The summed E-state index contributed by atoms with van der Waals surface area (Å²) in [5.74, 6) is -0.111. The molecule has 0 radical (unpaired) electrons. The molecule has 0 spiro atoms. The number of carbonyl (C=O) groups excluding carboxylic acids is 2. The zero-order valence-corrected chi connectivity index (χ0v) is 16.5. The zero-order chi connectivity index (χ0) is 20.2. The van der Waals surface area contributed by atoms with Crippen LogP contribution in [-0.4, -0.2) is 60.4 Å². The lowest BCUT2D eigenvalue weighted by atomic mass is 10.1. The minimum atomic E-state index is -0.408. The Labute approximate surface area is 170 Å². The fourth-order valence-corrected chi connectivity index (χ4v) is 4.21. The number of carbonyl (C=O) groups is 2. The Hall–Kier alpha value is -2.73.